The van der Waals surface area contributed by atoms with Gasteiger partial charge in [0.15, 0.2) is 6.61 Å². The summed E-state index contributed by atoms with van der Waals surface area (Å²) < 4.78 is 15.5. The topological polar surface area (TPSA) is 87.1 Å². The van der Waals surface area contributed by atoms with Gasteiger partial charge < -0.3 is 29.5 Å². The third-order valence-electron chi connectivity index (χ3n) is 8.14. The quantitative estimate of drug-likeness (QED) is 0.409. The summed E-state index contributed by atoms with van der Waals surface area (Å²) >= 11 is 6.27. The van der Waals surface area contributed by atoms with Crippen LogP contribution in [0, 0.1) is 0 Å². The molecule has 0 aliphatic carbocycles. The minimum Gasteiger partial charge on any atom is -0.578 e. The Morgan fingerprint density at radius 3 is 2.85 bits per heavy atom. The highest BCUT2D eigenvalue weighted by molar-refractivity contribution is 6.32. The van der Waals surface area contributed by atoms with Gasteiger partial charge in [0.05, 0.1) is 18.2 Å². The molecule has 0 aromatic heterocycles. The predicted octanol–water partition coefficient (Wildman–Crippen LogP) is 3.69. The Balaban J connectivity index is 1.28. The number of nitrogens with zero attached hydrogens (tertiary/aromatic N) is 2. The third-order valence-corrected chi connectivity index (χ3v) is 8.43. The minimum absolute atomic E-state index is 0.0921. The molecule has 2 aromatic rings. The maximum Gasteiger partial charge on any atom is 0.297 e. The first-order valence-corrected chi connectivity index (χ1v) is 14.6. The molecule has 2 saturated heterocycles. The molecule has 3 atom stereocenters. The van der Waals surface area contributed by atoms with Crippen LogP contribution in [-0.2, 0) is 11.2 Å². The number of benzene rings is 2. The van der Waals surface area contributed by atoms with Crippen LogP contribution in [0.2, 0.25) is 5.02 Å². The fourth-order valence-corrected chi connectivity index (χ4v) is 6.28. The zero-order valence-corrected chi connectivity index (χ0v) is 23.5. The highest BCUT2D eigenvalue weighted by Crippen LogP contribution is 2.34. The van der Waals surface area contributed by atoms with Crippen molar-refractivity contribution >= 4 is 17.5 Å². The average molecular weight is 559 g/mol. The van der Waals surface area contributed by atoms with E-state index < -0.39 is 12.1 Å². The molecule has 2 fully saturated rings. The number of carbonyl (C=O) groups is 1. The summed E-state index contributed by atoms with van der Waals surface area (Å²) in [5.41, 5.74) is 1.70. The number of rotatable bonds is 11. The second kappa shape index (κ2) is 13.2. The summed E-state index contributed by atoms with van der Waals surface area (Å²) in [6.45, 7) is 6.15. The maximum absolute atomic E-state index is 13.2. The van der Waals surface area contributed by atoms with Crippen molar-refractivity contribution in [1.29, 1.82) is 0 Å². The van der Waals surface area contributed by atoms with E-state index in [9.17, 15) is 9.90 Å². The molecule has 3 N–H and O–H groups in total. The summed E-state index contributed by atoms with van der Waals surface area (Å²) in [6, 6.07) is 11.2. The molecule has 0 spiro atoms. The molecule has 2 aromatic carbocycles. The number of likely N-dealkylation sites (tertiary alicyclic amines) is 2. The summed E-state index contributed by atoms with van der Waals surface area (Å²) in [6.07, 6.45) is 4.82. The van der Waals surface area contributed by atoms with Gasteiger partial charge in [0.25, 0.3) is 5.75 Å². The van der Waals surface area contributed by atoms with Crippen molar-refractivity contribution in [2.75, 3.05) is 53.0 Å². The molecule has 3 aliphatic heterocycles. The van der Waals surface area contributed by atoms with Crippen LogP contribution < -0.4 is 14.8 Å². The Morgan fingerprint density at radius 2 is 2.05 bits per heavy atom. The molecule has 0 bridgehead atoms. The number of hydrogen-bond acceptors (Lipinski definition) is 6. The van der Waals surface area contributed by atoms with Gasteiger partial charge in [0.2, 0.25) is 18.3 Å². The summed E-state index contributed by atoms with van der Waals surface area (Å²) in [5, 5.41) is 15.3. The van der Waals surface area contributed by atoms with E-state index in [0.29, 0.717) is 55.2 Å². The van der Waals surface area contributed by atoms with Gasteiger partial charge in [-0.25, -0.2) is 0 Å². The summed E-state index contributed by atoms with van der Waals surface area (Å²) in [4.78, 5) is 18.2. The number of aromatic hydroxyl groups is 1. The Hall–Kier alpha value is -2.52. The fraction of sp³-hybridized carbons (Fsp3) is 0.567. The SMILES string of the molecule is COc1ccc(CCC(=O)N[C@H](CN2CCCC2CN2CCCC2)[C@H](O)c2ccc3c(c2)OCC[OH+]3)cc1Cl. The molecule has 3 aliphatic rings. The van der Waals surface area contributed by atoms with E-state index in [4.69, 9.17) is 21.1 Å². The summed E-state index contributed by atoms with van der Waals surface area (Å²) in [5.74, 6) is 2.02. The van der Waals surface area contributed by atoms with Gasteiger partial charge in [-0.05, 0) is 87.1 Å². The van der Waals surface area contributed by atoms with Gasteiger partial charge in [-0.2, -0.15) is 0 Å². The normalized spacial score (nSPS) is 21.1. The van der Waals surface area contributed by atoms with Crippen LogP contribution in [0.5, 0.6) is 17.2 Å². The van der Waals surface area contributed by atoms with Crippen molar-refractivity contribution in [3.63, 3.8) is 0 Å². The van der Waals surface area contributed by atoms with E-state index in [0.717, 1.165) is 42.8 Å². The van der Waals surface area contributed by atoms with Gasteiger partial charge in [0, 0.05) is 31.6 Å². The Bertz CT molecular complexity index is 1130. The smallest absolute Gasteiger partial charge is 0.297 e. The molecule has 0 saturated carbocycles. The van der Waals surface area contributed by atoms with E-state index in [1.54, 1.807) is 7.11 Å². The molecule has 5 rings (SSSR count). The number of ether oxygens (including phenoxy) is 3. The third kappa shape index (κ3) is 7.17. The van der Waals surface area contributed by atoms with E-state index in [1.165, 1.54) is 25.9 Å². The highest BCUT2D eigenvalue weighted by atomic mass is 35.5. The largest absolute Gasteiger partial charge is 0.578 e. The second-order valence-electron chi connectivity index (χ2n) is 10.8. The van der Waals surface area contributed by atoms with Crippen LogP contribution in [0.25, 0.3) is 0 Å². The van der Waals surface area contributed by atoms with E-state index >= 15 is 0 Å². The molecule has 39 heavy (non-hydrogen) atoms. The lowest BCUT2D eigenvalue weighted by Crippen LogP contribution is -2.50. The number of aryl methyl sites for hydroxylation is 1. The predicted molar refractivity (Wildman–Crippen MR) is 152 cm³/mol. The molecule has 8 nitrogen and oxygen atoms in total. The second-order valence-corrected chi connectivity index (χ2v) is 11.3. The Labute approximate surface area is 236 Å². The first-order valence-electron chi connectivity index (χ1n) is 14.2. The van der Waals surface area contributed by atoms with Gasteiger partial charge in [-0.3, -0.25) is 9.69 Å². The number of amides is 1. The minimum atomic E-state index is -0.867. The first kappa shape index (κ1) is 28.0. The van der Waals surface area contributed by atoms with Crippen molar-refractivity contribution in [3.05, 3.63) is 52.5 Å². The zero-order chi connectivity index (χ0) is 27.2. The summed E-state index contributed by atoms with van der Waals surface area (Å²) in [7, 11) is 1.58. The fourth-order valence-electron chi connectivity index (χ4n) is 6.00. The van der Waals surface area contributed by atoms with Gasteiger partial charge >= 0.3 is 0 Å². The number of carbonyl (C=O) groups excluding carboxylic acids is 1. The molecule has 1 unspecified atom stereocenters. The molecule has 0 radical (unpaired) electrons. The zero-order valence-electron chi connectivity index (χ0n) is 22.8. The molecule has 1 amide bonds. The van der Waals surface area contributed by atoms with Gasteiger partial charge in [0.1, 0.15) is 11.9 Å². The van der Waals surface area contributed by atoms with Crippen molar-refractivity contribution in [1.82, 2.24) is 15.1 Å². The van der Waals surface area contributed by atoms with Crippen molar-refractivity contribution in [3.8, 4) is 17.2 Å². The number of nitrogens with one attached hydrogen (secondary N) is 1. The highest BCUT2D eigenvalue weighted by Gasteiger charge is 2.33. The standard InChI is InChI=1S/C30H40ClN3O5/c1-37-26-9-6-21(17-24(26)31)7-11-29(35)32-25(20-34-14-4-5-23(34)19-33-12-2-3-13-33)30(36)22-8-10-27-28(18-22)39-16-15-38-27/h6,8-10,17-18,23,25,30,36H,2-5,7,11-16,19-20H2,1H3,(H,32,35)/p+1/t23?,25-,30-/m1/s1. The number of fused-ring (bicyclic) bond motifs is 1. The number of halogens is 1. The van der Waals surface area contributed by atoms with Crippen molar-refractivity contribution < 1.29 is 24.1 Å². The molecule has 212 valence electrons. The van der Waals surface area contributed by atoms with Crippen molar-refractivity contribution in [2.45, 2.75) is 56.7 Å². The lowest BCUT2D eigenvalue weighted by Gasteiger charge is -2.34. The van der Waals surface area contributed by atoms with Crippen LogP contribution in [0.3, 0.4) is 0 Å². The molecule has 3 heterocycles. The number of hydrogen-bond donors (Lipinski definition) is 2. The lowest BCUT2D eigenvalue weighted by molar-refractivity contribution is -0.123. The van der Waals surface area contributed by atoms with E-state index in [2.05, 4.69) is 19.9 Å². The monoisotopic (exact) mass is 558 g/mol. The van der Waals surface area contributed by atoms with Crippen LogP contribution >= 0.6 is 11.6 Å². The molecule has 9 heteroatoms. The number of aliphatic hydroxyl groups is 2. The maximum atomic E-state index is 13.2. The Morgan fingerprint density at radius 1 is 1.21 bits per heavy atom. The number of methoxy groups -OCH3 is 1. The van der Waals surface area contributed by atoms with Gasteiger partial charge in [-0.1, -0.05) is 17.7 Å². The van der Waals surface area contributed by atoms with Crippen LogP contribution in [0.4, 0.5) is 0 Å². The first-order chi connectivity index (χ1) is 19.0. The van der Waals surface area contributed by atoms with Crippen molar-refractivity contribution in [2.24, 2.45) is 0 Å². The van der Waals surface area contributed by atoms with Crippen LogP contribution in [-0.4, -0.2) is 90.7 Å². The number of aliphatic hydroxyl groups excluding tert-OH is 1. The lowest BCUT2D eigenvalue weighted by atomic mass is 10.00. The van der Waals surface area contributed by atoms with Crippen LogP contribution in [0.15, 0.2) is 36.4 Å². The van der Waals surface area contributed by atoms with Gasteiger partial charge in [-0.15, -0.1) is 0 Å². The molecular formula is C30H41ClN3O5+. The van der Waals surface area contributed by atoms with E-state index in [-0.39, 0.29) is 5.91 Å². The average Bonchev–Trinajstić information content (AvgIpc) is 3.63. The van der Waals surface area contributed by atoms with E-state index in [1.807, 2.05) is 36.4 Å². The molecular weight excluding hydrogens is 518 g/mol. The Kier molecular flexibility index (Phi) is 9.50. The van der Waals surface area contributed by atoms with Crippen LogP contribution in [0.1, 0.15) is 49.3 Å².